The Balaban J connectivity index is 2.19. The highest BCUT2D eigenvalue weighted by molar-refractivity contribution is 4.76. The smallest absolute Gasteiger partial charge is 0.0620 e. The largest absolute Gasteiger partial charge is 0.380 e. The molecule has 78 valence electrons. The summed E-state index contributed by atoms with van der Waals surface area (Å²) in [5.74, 6) is 0. The van der Waals surface area contributed by atoms with Crippen LogP contribution in [0.2, 0.25) is 0 Å². The van der Waals surface area contributed by atoms with E-state index < -0.39 is 0 Å². The minimum atomic E-state index is 0.628. The van der Waals surface area contributed by atoms with E-state index in [1.54, 1.807) is 0 Å². The van der Waals surface area contributed by atoms with Crippen molar-refractivity contribution in [3.63, 3.8) is 0 Å². The molecule has 1 aliphatic heterocycles. The van der Waals surface area contributed by atoms with Crippen molar-refractivity contribution in [3.05, 3.63) is 0 Å². The quantitative estimate of drug-likeness (QED) is 0.686. The maximum atomic E-state index is 5.35. The average Bonchev–Trinajstić information content (AvgIpc) is 2.58. The van der Waals surface area contributed by atoms with Gasteiger partial charge >= 0.3 is 0 Å². The first-order chi connectivity index (χ1) is 6.36. The van der Waals surface area contributed by atoms with Crippen LogP contribution in [-0.2, 0) is 4.74 Å². The lowest BCUT2D eigenvalue weighted by Crippen LogP contribution is -2.38. The zero-order valence-electron chi connectivity index (χ0n) is 9.01. The number of ether oxygens (including phenoxy) is 1. The maximum absolute atomic E-state index is 5.35. The standard InChI is InChI=1S/C11H23NO/c1-3-5-10(6-4-2)12-11-7-8-13-9-11/h10-12H,3-9H2,1-2H3. The molecule has 0 aromatic heterocycles. The van der Waals surface area contributed by atoms with Crippen molar-refractivity contribution in [2.24, 2.45) is 0 Å². The predicted octanol–water partition coefficient (Wildman–Crippen LogP) is 2.33. The second-order valence-electron chi connectivity index (χ2n) is 4.00. The van der Waals surface area contributed by atoms with Crippen LogP contribution >= 0.6 is 0 Å². The fourth-order valence-corrected chi connectivity index (χ4v) is 2.01. The van der Waals surface area contributed by atoms with Gasteiger partial charge in [0.25, 0.3) is 0 Å². The molecule has 1 fully saturated rings. The Morgan fingerprint density at radius 1 is 1.31 bits per heavy atom. The molecule has 1 unspecified atom stereocenters. The second-order valence-corrected chi connectivity index (χ2v) is 4.00. The van der Waals surface area contributed by atoms with Crippen molar-refractivity contribution >= 4 is 0 Å². The molecule has 0 aliphatic carbocycles. The van der Waals surface area contributed by atoms with Crippen LogP contribution < -0.4 is 5.32 Å². The van der Waals surface area contributed by atoms with Crippen LogP contribution in [0.15, 0.2) is 0 Å². The fourth-order valence-electron chi connectivity index (χ4n) is 2.01. The van der Waals surface area contributed by atoms with Gasteiger partial charge in [-0.05, 0) is 19.3 Å². The molecular formula is C11H23NO. The summed E-state index contributed by atoms with van der Waals surface area (Å²) >= 11 is 0. The van der Waals surface area contributed by atoms with Gasteiger partial charge in [0.15, 0.2) is 0 Å². The summed E-state index contributed by atoms with van der Waals surface area (Å²) in [5, 5.41) is 3.69. The number of nitrogens with one attached hydrogen (secondary N) is 1. The van der Waals surface area contributed by atoms with Gasteiger partial charge in [-0.1, -0.05) is 26.7 Å². The van der Waals surface area contributed by atoms with Crippen molar-refractivity contribution < 1.29 is 4.74 Å². The third-order valence-corrected chi connectivity index (χ3v) is 2.68. The predicted molar refractivity (Wildman–Crippen MR) is 56.0 cm³/mol. The Kier molecular flexibility index (Phi) is 5.40. The molecule has 1 saturated heterocycles. The molecule has 1 rings (SSSR count). The van der Waals surface area contributed by atoms with Gasteiger partial charge in [0, 0.05) is 18.7 Å². The Hall–Kier alpha value is -0.0800. The molecule has 13 heavy (non-hydrogen) atoms. The Morgan fingerprint density at radius 2 is 2.00 bits per heavy atom. The first-order valence-corrected chi connectivity index (χ1v) is 5.70. The van der Waals surface area contributed by atoms with Gasteiger partial charge in [-0.15, -0.1) is 0 Å². The van der Waals surface area contributed by atoms with E-state index in [9.17, 15) is 0 Å². The van der Waals surface area contributed by atoms with Gasteiger partial charge in [0.05, 0.1) is 6.61 Å². The van der Waals surface area contributed by atoms with Crippen LogP contribution in [0.1, 0.15) is 46.0 Å². The van der Waals surface area contributed by atoms with E-state index in [4.69, 9.17) is 4.74 Å². The SMILES string of the molecule is CCCC(CCC)NC1CCOC1. The number of hydrogen-bond acceptors (Lipinski definition) is 2. The highest BCUT2D eigenvalue weighted by Crippen LogP contribution is 2.10. The number of hydrogen-bond donors (Lipinski definition) is 1. The molecule has 1 aliphatic rings. The Bertz CT molecular complexity index is 115. The third kappa shape index (κ3) is 4.10. The van der Waals surface area contributed by atoms with E-state index >= 15 is 0 Å². The molecule has 0 radical (unpaired) electrons. The minimum absolute atomic E-state index is 0.628. The summed E-state index contributed by atoms with van der Waals surface area (Å²) in [6, 6.07) is 1.35. The molecule has 0 saturated carbocycles. The molecule has 1 atom stereocenters. The maximum Gasteiger partial charge on any atom is 0.0620 e. The molecule has 1 heterocycles. The van der Waals surface area contributed by atoms with Crippen LogP contribution in [0.3, 0.4) is 0 Å². The molecule has 1 N–H and O–H groups in total. The second kappa shape index (κ2) is 6.39. The van der Waals surface area contributed by atoms with Crippen molar-refractivity contribution in [1.29, 1.82) is 0 Å². The lowest BCUT2D eigenvalue weighted by molar-refractivity contribution is 0.187. The van der Waals surface area contributed by atoms with Crippen LogP contribution in [0.4, 0.5) is 0 Å². The molecule has 0 bridgehead atoms. The lowest BCUT2D eigenvalue weighted by atomic mass is 10.1. The topological polar surface area (TPSA) is 21.3 Å². The summed E-state index contributed by atoms with van der Waals surface area (Å²) in [4.78, 5) is 0. The van der Waals surface area contributed by atoms with E-state index in [0.29, 0.717) is 6.04 Å². The Labute approximate surface area is 82.0 Å². The molecule has 0 aromatic rings. The van der Waals surface area contributed by atoms with Crippen molar-refractivity contribution in [1.82, 2.24) is 5.32 Å². The summed E-state index contributed by atoms with van der Waals surface area (Å²) in [5.41, 5.74) is 0. The van der Waals surface area contributed by atoms with Crippen LogP contribution in [0.5, 0.6) is 0 Å². The summed E-state index contributed by atoms with van der Waals surface area (Å²) in [6.45, 7) is 6.39. The van der Waals surface area contributed by atoms with E-state index in [2.05, 4.69) is 19.2 Å². The lowest BCUT2D eigenvalue weighted by Gasteiger charge is -2.21. The highest BCUT2D eigenvalue weighted by Gasteiger charge is 2.18. The van der Waals surface area contributed by atoms with Crippen molar-refractivity contribution in [2.75, 3.05) is 13.2 Å². The zero-order valence-corrected chi connectivity index (χ0v) is 9.01. The first-order valence-electron chi connectivity index (χ1n) is 5.70. The first kappa shape index (κ1) is 11.0. The zero-order chi connectivity index (χ0) is 9.52. The van der Waals surface area contributed by atoms with Crippen LogP contribution in [-0.4, -0.2) is 25.3 Å². The summed E-state index contributed by atoms with van der Waals surface area (Å²) < 4.78 is 5.35. The van der Waals surface area contributed by atoms with Gasteiger partial charge < -0.3 is 10.1 Å². The van der Waals surface area contributed by atoms with E-state index in [1.165, 1.54) is 32.1 Å². The molecule has 0 aromatic carbocycles. The van der Waals surface area contributed by atoms with Gasteiger partial charge in [0.1, 0.15) is 0 Å². The molecule has 2 nitrogen and oxygen atoms in total. The van der Waals surface area contributed by atoms with Crippen molar-refractivity contribution in [2.45, 2.75) is 58.0 Å². The van der Waals surface area contributed by atoms with Crippen LogP contribution in [0, 0.1) is 0 Å². The highest BCUT2D eigenvalue weighted by atomic mass is 16.5. The third-order valence-electron chi connectivity index (χ3n) is 2.68. The van der Waals surface area contributed by atoms with E-state index in [0.717, 1.165) is 19.3 Å². The van der Waals surface area contributed by atoms with Gasteiger partial charge in [-0.3, -0.25) is 0 Å². The van der Waals surface area contributed by atoms with Gasteiger partial charge in [0.2, 0.25) is 0 Å². The molecule has 0 spiro atoms. The number of rotatable bonds is 6. The van der Waals surface area contributed by atoms with E-state index in [1.807, 2.05) is 0 Å². The molecule has 0 amide bonds. The van der Waals surface area contributed by atoms with E-state index in [-0.39, 0.29) is 0 Å². The summed E-state index contributed by atoms with van der Waals surface area (Å²) in [6.07, 6.45) is 6.38. The van der Waals surface area contributed by atoms with Crippen molar-refractivity contribution in [3.8, 4) is 0 Å². The monoisotopic (exact) mass is 185 g/mol. The van der Waals surface area contributed by atoms with Gasteiger partial charge in [-0.2, -0.15) is 0 Å². The average molecular weight is 185 g/mol. The Morgan fingerprint density at radius 3 is 2.46 bits per heavy atom. The normalized spacial score (nSPS) is 22.8. The molecular weight excluding hydrogens is 162 g/mol. The van der Waals surface area contributed by atoms with Gasteiger partial charge in [-0.25, -0.2) is 0 Å². The van der Waals surface area contributed by atoms with Crippen LogP contribution in [0.25, 0.3) is 0 Å². The molecule has 2 heteroatoms. The fraction of sp³-hybridized carbons (Fsp3) is 1.00. The summed E-state index contributed by atoms with van der Waals surface area (Å²) in [7, 11) is 0. The minimum Gasteiger partial charge on any atom is -0.380 e.